The predicted molar refractivity (Wildman–Crippen MR) is 90.3 cm³/mol. The van der Waals surface area contributed by atoms with Crippen molar-refractivity contribution in [1.82, 2.24) is 9.36 Å². The monoisotopic (exact) mass is 339 g/mol. The third kappa shape index (κ3) is 2.93. The van der Waals surface area contributed by atoms with Gasteiger partial charge >= 0.3 is 0 Å². The number of ether oxygens (including phenoxy) is 2. The van der Waals surface area contributed by atoms with Gasteiger partial charge in [-0.15, -0.1) is 0 Å². The Hall–Kier alpha value is -2.93. The van der Waals surface area contributed by atoms with Crippen molar-refractivity contribution in [2.24, 2.45) is 0 Å². The quantitative estimate of drug-likeness (QED) is 0.794. The van der Waals surface area contributed by atoms with Gasteiger partial charge in [0.2, 0.25) is 11.2 Å². The van der Waals surface area contributed by atoms with E-state index >= 15 is 0 Å². The number of carbonyl (C=O) groups excluding carboxylic acids is 1. The highest BCUT2D eigenvalue weighted by Crippen LogP contribution is 2.31. The molecule has 4 rings (SSSR count). The maximum Gasteiger partial charge on any atom is 0.270 e. The minimum atomic E-state index is -0.719. The topological polar surface area (TPSA) is 73.3 Å². The van der Waals surface area contributed by atoms with Crippen molar-refractivity contribution in [1.29, 1.82) is 0 Å². The van der Waals surface area contributed by atoms with Gasteiger partial charge in [0.05, 0.1) is 0 Å². The molecule has 1 unspecified atom stereocenters. The van der Waals surface area contributed by atoms with E-state index in [1.165, 1.54) is 0 Å². The zero-order valence-corrected chi connectivity index (χ0v) is 13.3. The van der Waals surface area contributed by atoms with Crippen molar-refractivity contribution in [2.75, 3.05) is 11.9 Å². The number of para-hydroxylation sites is 2. The fraction of sp³-hybridized carbons (Fsp3) is 0.118. The van der Waals surface area contributed by atoms with Gasteiger partial charge in [0, 0.05) is 17.1 Å². The number of nitrogens with one attached hydrogen (secondary N) is 1. The molecule has 1 amide bonds. The van der Waals surface area contributed by atoms with Crippen molar-refractivity contribution in [2.45, 2.75) is 6.10 Å². The maximum absolute atomic E-state index is 12.3. The van der Waals surface area contributed by atoms with Crippen LogP contribution in [0.5, 0.6) is 11.5 Å². The van der Waals surface area contributed by atoms with Crippen LogP contribution in [0.4, 0.5) is 5.13 Å². The molecule has 2 heterocycles. The average Bonchev–Trinajstić information content (AvgIpc) is 3.10. The third-order valence-electron chi connectivity index (χ3n) is 3.49. The Labute approximate surface area is 142 Å². The predicted octanol–water partition coefficient (Wildman–Crippen LogP) is 2.98. The van der Waals surface area contributed by atoms with Crippen LogP contribution in [0.25, 0.3) is 11.4 Å². The molecule has 1 aromatic heterocycles. The molecule has 1 aliphatic heterocycles. The molecular weight excluding hydrogens is 326 g/mol. The van der Waals surface area contributed by atoms with Crippen LogP contribution >= 0.6 is 11.5 Å². The summed E-state index contributed by atoms with van der Waals surface area (Å²) in [6.45, 7) is 0.160. The van der Waals surface area contributed by atoms with E-state index in [1.54, 1.807) is 12.1 Å². The molecule has 0 saturated heterocycles. The molecule has 6 nitrogen and oxygen atoms in total. The molecule has 7 heteroatoms. The lowest BCUT2D eigenvalue weighted by molar-refractivity contribution is -0.125. The summed E-state index contributed by atoms with van der Waals surface area (Å²) in [4.78, 5) is 16.7. The number of anilines is 1. The molecule has 1 atom stereocenters. The van der Waals surface area contributed by atoms with Gasteiger partial charge in [0.25, 0.3) is 5.91 Å². The van der Waals surface area contributed by atoms with E-state index in [2.05, 4.69) is 14.7 Å². The van der Waals surface area contributed by atoms with Crippen LogP contribution in [0, 0.1) is 0 Å². The van der Waals surface area contributed by atoms with Crippen LogP contribution < -0.4 is 14.8 Å². The fourth-order valence-corrected chi connectivity index (χ4v) is 2.91. The molecule has 0 fully saturated rings. The lowest BCUT2D eigenvalue weighted by Gasteiger charge is -2.25. The van der Waals surface area contributed by atoms with E-state index in [0.29, 0.717) is 22.5 Å². The van der Waals surface area contributed by atoms with Crippen LogP contribution in [-0.4, -0.2) is 28.0 Å². The number of hydrogen-bond donors (Lipinski definition) is 1. The Morgan fingerprint density at radius 1 is 1.08 bits per heavy atom. The lowest BCUT2D eigenvalue weighted by Crippen LogP contribution is -2.40. The minimum absolute atomic E-state index is 0.160. The summed E-state index contributed by atoms with van der Waals surface area (Å²) in [6, 6.07) is 16.9. The first-order valence-electron chi connectivity index (χ1n) is 7.38. The summed E-state index contributed by atoms with van der Waals surface area (Å²) >= 11 is 1.13. The van der Waals surface area contributed by atoms with E-state index in [1.807, 2.05) is 42.5 Å². The highest BCUT2D eigenvalue weighted by Gasteiger charge is 2.28. The lowest BCUT2D eigenvalue weighted by atomic mass is 10.2. The van der Waals surface area contributed by atoms with Crippen LogP contribution in [0.15, 0.2) is 54.6 Å². The summed E-state index contributed by atoms with van der Waals surface area (Å²) in [5.41, 5.74) is 0.903. The molecule has 120 valence electrons. The number of fused-ring (bicyclic) bond motifs is 1. The zero-order valence-electron chi connectivity index (χ0n) is 12.5. The highest BCUT2D eigenvalue weighted by atomic mass is 32.1. The van der Waals surface area contributed by atoms with Gasteiger partial charge in [0.1, 0.15) is 6.61 Å². The van der Waals surface area contributed by atoms with Crippen molar-refractivity contribution in [3.05, 3.63) is 54.6 Å². The van der Waals surface area contributed by atoms with Crippen molar-refractivity contribution in [3.63, 3.8) is 0 Å². The second-order valence-corrected chi connectivity index (χ2v) is 5.89. The number of nitrogens with zero attached hydrogens (tertiary/aromatic N) is 2. The van der Waals surface area contributed by atoms with Gasteiger partial charge in [-0.1, -0.05) is 42.5 Å². The van der Waals surface area contributed by atoms with Crippen LogP contribution in [0.1, 0.15) is 0 Å². The minimum Gasteiger partial charge on any atom is -0.485 e. The summed E-state index contributed by atoms with van der Waals surface area (Å²) in [5.74, 6) is 1.48. The summed E-state index contributed by atoms with van der Waals surface area (Å²) in [7, 11) is 0. The number of amides is 1. The average molecular weight is 339 g/mol. The molecular formula is C17H13N3O3S. The molecule has 3 aromatic rings. The van der Waals surface area contributed by atoms with E-state index < -0.39 is 6.10 Å². The Bertz CT molecular complexity index is 866. The van der Waals surface area contributed by atoms with Crippen molar-refractivity contribution >= 4 is 22.6 Å². The molecule has 2 aromatic carbocycles. The number of aromatic nitrogens is 2. The second-order valence-electron chi connectivity index (χ2n) is 5.14. The van der Waals surface area contributed by atoms with Gasteiger partial charge in [-0.25, -0.2) is 0 Å². The van der Waals surface area contributed by atoms with Gasteiger partial charge < -0.3 is 9.47 Å². The smallest absolute Gasteiger partial charge is 0.270 e. The normalized spacial score (nSPS) is 15.8. The zero-order chi connectivity index (χ0) is 16.4. The van der Waals surface area contributed by atoms with Gasteiger partial charge in [0.15, 0.2) is 17.3 Å². The summed E-state index contributed by atoms with van der Waals surface area (Å²) in [6.07, 6.45) is -0.719. The van der Waals surface area contributed by atoms with E-state index in [4.69, 9.17) is 9.47 Å². The molecule has 24 heavy (non-hydrogen) atoms. The SMILES string of the molecule is O=C(Nc1nc(-c2ccccc2)ns1)C1COc2ccccc2O1. The second kappa shape index (κ2) is 6.29. The highest BCUT2D eigenvalue weighted by molar-refractivity contribution is 7.10. The molecule has 0 aliphatic carbocycles. The third-order valence-corrected chi connectivity index (χ3v) is 4.12. The largest absolute Gasteiger partial charge is 0.485 e. The molecule has 0 bridgehead atoms. The van der Waals surface area contributed by atoms with Crippen LogP contribution in [0.2, 0.25) is 0 Å². The fourth-order valence-electron chi connectivity index (χ4n) is 2.31. The molecule has 0 spiro atoms. The van der Waals surface area contributed by atoms with Gasteiger partial charge in [-0.2, -0.15) is 9.36 Å². The van der Waals surface area contributed by atoms with Crippen molar-refractivity contribution in [3.8, 4) is 22.9 Å². The molecule has 1 N–H and O–H groups in total. The first kappa shape index (κ1) is 14.6. The Kier molecular flexibility index (Phi) is 3.84. The van der Waals surface area contributed by atoms with Gasteiger partial charge in [-0.3, -0.25) is 10.1 Å². The van der Waals surface area contributed by atoms with Gasteiger partial charge in [-0.05, 0) is 12.1 Å². The molecule has 1 aliphatic rings. The number of benzene rings is 2. The van der Waals surface area contributed by atoms with E-state index in [0.717, 1.165) is 17.1 Å². The maximum atomic E-state index is 12.3. The molecule has 0 radical (unpaired) electrons. The summed E-state index contributed by atoms with van der Waals surface area (Å²) in [5, 5.41) is 3.17. The van der Waals surface area contributed by atoms with Crippen molar-refractivity contribution < 1.29 is 14.3 Å². The van der Waals surface area contributed by atoms with Crippen LogP contribution in [0.3, 0.4) is 0 Å². The number of carbonyl (C=O) groups is 1. The Morgan fingerprint density at radius 3 is 2.67 bits per heavy atom. The first-order valence-corrected chi connectivity index (χ1v) is 8.15. The number of rotatable bonds is 3. The first-order chi connectivity index (χ1) is 11.8. The van der Waals surface area contributed by atoms with E-state index in [9.17, 15) is 4.79 Å². The summed E-state index contributed by atoms with van der Waals surface area (Å²) < 4.78 is 15.5. The van der Waals surface area contributed by atoms with E-state index in [-0.39, 0.29) is 12.5 Å². The number of hydrogen-bond acceptors (Lipinski definition) is 6. The van der Waals surface area contributed by atoms with Crippen LogP contribution in [-0.2, 0) is 4.79 Å². The standard InChI is InChI=1S/C17H13N3O3S/c21-16(14-10-22-12-8-4-5-9-13(12)23-14)19-17-18-15(20-24-17)11-6-2-1-3-7-11/h1-9,14H,10H2,(H,18,19,20,21). The Morgan fingerprint density at radius 2 is 1.83 bits per heavy atom. The Balaban J connectivity index is 1.45. The molecule has 0 saturated carbocycles.